The number of hydrogen-bond donors (Lipinski definition) is 1. The van der Waals surface area contributed by atoms with Crippen LogP contribution >= 0.6 is 23.2 Å². The highest BCUT2D eigenvalue weighted by Crippen LogP contribution is 2.31. The maximum Gasteiger partial charge on any atom is 0.261 e. The van der Waals surface area contributed by atoms with E-state index in [-0.39, 0.29) is 30.4 Å². The fourth-order valence-corrected chi connectivity index (χ4v) is 4.16. The van der Waals surface area contributed by atoms with Gasteiger partial charge < -0.3 is 15.0 Å². The number of carbonyl (C=O) groups is 2. The number of hydrogen-bond acceptors (Lipinski definition) is 3. The van der Waals surface area contributed by atoms with E-state index < -0.39 is 6.04 Å². The molecule has 186 valence electrons. The summed E-state index contributed by atoms with van der Waals surface area (Å²) in [6, 6.07) is 12.2. The normalized spacial score (nSPS) is 12.2. The minimum Gasteiger partial charge on any atom is -0.483 e. The molecule has 0 heterocycles. The van der Waals surface area contributed by atoms with Gasteiger partial charge in [-0.15, -0.1) is 0 Å². The highest BCUT2D eigenvalue weighted by molar-refractivity contribution is 6.35. The van der Waals surface area contributed by atoms with E-state index in [2.05, 4.69) is 33.0 Å². The molecule has 0 bridgehead atoms. The predicted octanol–water partition coefficient (Wildman–Crippen LogP) is 6.39. The molecule has 1 atom stereocenters. The van der Waals surface area contributed by atoms with Gasteiger partial charge in [-0.2, -0.15) is 0 Å². The summed E-state index contributed by atoms with van der Waals surface area (Å²) in [7, 11) is 0. The van der Waals surface area contributed by atoms with Crippen molar-refractivity contribution in [3.05, 3.63) is 63.6 Å². The number of ether oxygens (including phenoxy) is 1. The number of benzene rings is 2. The van der Waals surface area contributed by atoms with Gasteiger partial charge in [0, 0.05) is 23.1 Å². The first kappa shape index (κ1) is 28.0. The topological polar surface area (TPSA) is 58.6 Å². The Kier molecular flexibility index (Phi) is 10.7. The number of para-hydroxylation sites is 1. The van der Waals surface area contributed by atoms with Gasteiger partial charge in [0.05, 0.1) is 0 Å². The molecule has 0 aliphatic rings. The van der Waals surface area contributed by atoms with Crippen LogP contribution in [0.5, 0.6) is 5.75 Å². The first-order valence-electron chi connectivity index (χ1n) is 11.8. The van der Waals surface area contributed by atoms with Gasteiger partial charge in [-0.1, -0.05) is 88.5 Å². The summed E-state index contributed by atoms with van der Waals surface area (Å²) in [6.07, 6.45) is 2.32. The standard InChI is InChI=1S/C27H36Cl2N2O3/c1-6-8-15-30-26(33)23(7-2)31(17-19-13-14-20(28)16-22(19)29)25(32)18-34-24-12-10-9-11-21(24)27(3,4)5/h9-14,16,23H,6-8,15,17-18H2,1-5H3,(H,30,33)/t23-/m1/s1. The molecule has 0 saturated heterocycles. The Balaban J connectivity index is 2.29. The third kappa shape index (κ3) is 7.92. The average Bonchev–Trinajstić information content (AvgIpc) is 2.78. The van der Waals surface area contributed by atoms with Crippen molar-refractivity contribution < 1.29 is 14.3 Å². The summed E-state index contributed by atoms with van der Waals surface area (Å²) in [5, 5.41) is 3.92. The molecule has 0 unspecified atom stereocenters. The van der Waals surface area contributed by atoms with Crippen LogP contribution in [-0.4, -0.2) is 35.9 Å². The Morgan fingerprint density at radius 1 is 1.09 bits per heavy atom. The first-order chi connectivity index (χ1) is 16.1. The van der Waals surface area contributed by atoms with Crippen molar-refractivity contribution in [1.82, 2.24) is 10.2 Å². The third-order valence-corrected chi connectivity index (χ3v) is 6.20. The van der Waals surface area contributed by atoms with Crippen LogP contribution < -0.4 is 10.1 Å². The van der Waals surface area contributed by atoms with Crippen LogP contribution in [0.2, 0.25) is 10.0 Å². The molecule has 2 rings (SSSR count). The Hall–Kier alpha value is -2.24. The van der Waals surface area contributed by atoms with E-state index in [0.717, 1.165) is 18.4 Å². The lowest BCUT2D eigenvalue weighted by Crippen LogP contribution is -2.50. The number of amides is 2. The van der Waals surface area contributed by atoms with E-state index in [9.17, 15) is 9.59 Å². The van der Waals surface area contributed by atoms with Gasteiger partial charge in [0.2, 0.25) is 5.91 Å². The van der Waals surface area contributed by atoms with Crippen molar-refractivity contribution in [3.63, 3.8) is 0 Å². The van der Waals surface area contributed by atoms with Gasteiger partial charge in [-0.25, -0.2) is 0 Å². The van der Waals surface area contributed by atoms with Crippen LogP contribution in [0.3, 0.4) is 0 Å². The van der Waals surface area contributed by atoms with Gasteiger partial charge in [-0.05, 0) is 47.6 Å². The molecular formula is C27H36Cl2N2O3. The van der Waals surface area contributed by atoms with Crippen molar-refractivity contribution in [2.45, 2.75) is 71.9 Å². The second kappa shape index (κ2) is 13.0. The molecule has 0 saturated carbocycles. The number of nitrogens with one attached hydrogen (secondary N) is 1. The van der Waals surface area contributed by atoms with Crippen LogP contribution in [-0.2, 0) is 21.5 Å². The van der Waals surface area contributed by atoms with Crippen LogP contribution in [0.25, 0.3) is 0 Å². The average molecular weight is 508 g/mol. The van der Waals surface area contributed by atoms with Crippen molar-refractivity contribution >= 4 is 35.0 Å². The lowest BCUT2D eigenvalue weighted by Gasteiger charge is -2.31. The van der Waals surface area contributed by atoms with Gasteiger partial charge >= 0.3 is 0 Å². The van der Waals surface area contributed by atoms with E-state index in [1.807, 2.05) is 31.2 Å². The number of rotatable bonds is 11. The fourth-order valence-electron chi connectivity index (χ4n) is 3.69. The molecular weight excluding hydrogens is 471 g/mol. The summed E-state index contributed by atoms with van der Waals surface area (Å²) >= 11 is 12.4. The molecule has 2 amide bonds. The largest absolute Gasteiger partial charge is 0.483 e. The summed E-state index contributed by atoms with van der Waals surface area (Å²) in [5.41, 5.74) is 1.59. The first-order valence-corrected chi connectivity index (χ1v) is 12.6. The lowest BCUT2D eigenvalue weighted by atomic mass is 9.86. The highest BCUT2D eigenvalue weighted by atomic mass is 35.5. The lowest BCUT2D eigenvalue weighted by molar-refractivity contribution is -0.143. The second-order valence-electron chi connectivity index (χ2n) is 9.36. The molecule has 7 heteroatoms. The van der Waals surface area contributed by atoms with Crippen LogP contribution in [0.1, 0.15) is 65.0 Å². The summed E-state index contributed by atoms with van der Waals surface area (Å²) in [5.74, 6) is 0.199. The zero-order valence-corrected chi connectivity index (χ0v) is 22.3. The maximum absolute atomic E-state index is 13.4. The number of carbonyl (C=O) groups excluding carboxylic acids is 2. The Labute approximate surface area is 213 Å². The quantitative estimate of drug-likeness (QED) is 0.359. The highest BCUT2D eigenvalue weighted by Gasteiger charge is 2.30. The van der Waals surface area contributed by atoms with Gasteiger partial charge in [0.15, 0.2) is 6.61 Å². The molecule has 1 N–H and O–H groups in total. The zero-order chi connectivity index (χ0) is 25.3. The Bertz CT molecular complexity index is 973. The van der Waals surface area contributed by atoms with E-state index >= 15 is 0 Å². The van der Waals surface area contributed by atoms with Crippen molar-refractivity contribution in [3.8, 4) is 5.75 Å². The smallest absolute Gasteiger partial charge is 0.261 e. The molecule has 0 fully saturated rings. The molecule has 5 nitrogen and oxygen atoms in total. The van der Waals surface area contributed by atoms with Crippen molar-refractivity contribution in [2.75, 3.05) is 13.2 Å². The van der Waals surface area contributed by atoms with E-state index in [4.69, 9.17) is 27.9 Å². The van der Waals surface area contributed by atoms with E-state index in [1.54, 1.807) is 23.1 Å². The second-order valence-corrected chi connectivity index (χ2v) is 10.2. The molecule has 2 aromatic rings. The Morgan fingerprint density at radius 3 is 2.41 bits per heavy atom. The number of halogens is 2. The minimum absolute atomic E-state index is 0.138. The molecule has 0 radical (unpaired) electrons. The molecule has 0 aliphatic carbocycles. The fraction of sp³-hybridized carbons (Fsp3) is 0.481. The monoisotopic (exact) mass is 506 g/mol. The third-order valence-electron chi connectivity index (χ3n) is 5.62. The summed E-state index contributed by atoms with van der Waals surface area (Å²) in [4.78, 5) is 28.0. The van der Waals surface area contributed by atoms with Gasteiger partial charge in [0.1, 0.15) is 11.8 Å². The number of nitrogens with zero attached hydrogens (tertiary/aromatic N) is 1. The minimum atomic E-state index is -0.641. The van der Waals surface area contributed by atoms with E-state index in [0.29, 0.717) is 34.3 Å². The van der Waals surface area contributed by atoms with Gasteiger partial charge in [-0.3, -0.25) is 9.59 Å². The van der Waals surface area contributed by atoms with Crippen molar-refractivity contribution in [1.29, 1.82) is 0 Å². The SMILES string of the molecule is CCCCNC(=O)[C@@H](CC)N(Cc1ccc(Cl)cc1Cl)C(=O)COc1ccccc1C(C)(C)C. The number of unbranched alkanes of at least 4 members (excludes halogenated alkanes) is 1. The molecule has 0 aliphatic heterocycles. The van der Waals surface area contributed by atoms with Crippen molar-refractivity contribution in [2.24, 2.45) is 0 Å². The Morgan fingerprint density at radius 2 is 1.79 bits per heavy atom. The summed E-state index contributed by atoms with van der Waals surface area (Å²) in [6.45, 7) is 10.8. The van der Waals surface area contributed by atoms with E-state index in [1.165, 1.54) is 0 Å². The van der Waals surface area contributed by atoms with Crippen LogP contribution in [0, 0.1) is 0 Å². The summed E-state index contributed by atoms with van der Waals surface area (Å²) < 4.78 is 5.99. The van der Waals surface area contributed by atoms with Gasteiger partial charge in [0.25, 0.3) is 5.91 Å². The van der Waals surface area contributed by atoms with Crippen LogP contribution in [0.15, 0.2) is 42.5 Å². The molecule has 2 aromatic carbocycles. The predicted molar refractivity (Wildman–Crippen MR) is 140 cm³/mol. The maximum atomic E-state index is 13.4. The molecule has 34 heavy (non-hydrogen) atoms. The van der Waals surface area contributed by atoms with Crippen LogP contribution in [0.4, 0.5) is 0 Å². The zero-order valence-electron chi connectivity index (χ0n) is 20.8. The molecule has 0 aromatic heterocycles. The molecule has 0 spiro atoms.